The molecule has 0 aliphatic carbocycles. The van der Waals surface area contributed by atoms with Crippen molar-refractivity contribution in [3.63, 3.8) is 0 Å². The number of morpholine rings is 1. The van der Waals surface area contributed by atoms with E-state index >= 15 is 0 Å². The van der Waals surface area contributed by atoms with E-state index in [2.05, 4.69) is 20.4 Å². The number of nitriles is 1. The Bertz CT molecular complexity index is 595. The van der Waals surface area contributed by atoms with Gasteiger partial charge in [-0.15, -0.1) is 0 Å². The molecular formula is C12H11N5O2. The van der Waals surface area contributed by atoms with Crippen LogP contribution in [-0.2, 0) is 4.74 Å². The van der Waals surface area contributed by atoms with Crippen LogP contribution in [0, 0.1) is 11.3 Å². The number of rotatable bonds is 2. The molecule has 1 fully saturated rings. The molecule has 1 unspecified atom stereocenters. The summed E-state index contributed by atoms with van der Waals surface area (Å²) in [5, 5.41) is 15.8. The number of hydrogen-bond acceptors (Lipinski definition) is 7. The molecule has 0 radical (unpaired) electrons. The third-order valence-corrected chi connectivity index (χ3v) is 2.77. The van der Waals surface area contributed by atoms with E-state index in [9.17, 15) is 0 Å². The third-order valence-electron chi connectivity index (χ3n) is 2.77. The van der Waals surface area contributed by atoms with E-state index < -0.39 is 0 Å². The summed E-state index contributed by atoms with van der Waals surface area (Å²) >= 11 is 0. The molecule has 1 N–H and O–H groups in total. The first-order chi connectivity index (χ1) is 9.36. The van der Waals surface area contributed by atoms with Crippen molar-refractivity contribution in [1.29, 1.82) is 5.26 Å². The van der Waals surface area contributed by atoms with Crippen molar-refractivity contribution in [3.05, 3.63) is 29.7 Å². The molecular weight excluding hydrogens is 246 g/mol. The van der Waals surface area contributed by atoms with E-state index in [4.69, 9.17) is 14.5 Å². The molecule has 7 nitrogen and oxygen atoms in total. The van der Waals surface area contributed by atoms with Crippen LogP contribution in [-0.4, -0.2) is 34.8 Å². The van der Waals surface area contributed by atoms with Gasteiger partial charge in [-0.05, 0) is 12.1 Å². The van der Waals surface area contributed by atoms with E-state index in [1.807, 2.05) is 6.07 Å². The Morgan fingerprint density at radius 2 is 2.37 bits per heavy atom. The largest absolute Gasteiger partial charge is 0.367 e. The molecule has 1 aliphatic heterocycles. The standard InChI is InChI=1S/C12H11N5O2/c13-5-8-1-2-9(15-6-8)12-16-11(17-19-12)10-7-14-3-4-18-10/h1-2,6,10,14H,3-4,7H2. The molecule has 0 amide bonds. The Labute approximate surface area is 109 Å². The average Bonchev–Trinajstić information content (AvgIpc) is 2.98. The maximum Gasteiger partial charge on any atom is 0.276 e. The van der Waals surface area contributed by atoms with E-state index in [0.717, 1.165) is 6.54 Å². The van der Waals surface area contributed by atoms with Crippen LogP contribution in [0.1, 0.15) is 17.5 Å². The van der Waals surface area contributed by atoms with Gasteiger partial charge in [-0.2, -0.15) is 10.2 Å². The highest BCUT2D eigenvalue weighted by Crippen LogP contribution is 2.20. The first kappa shape index (κ1) is 11.8. The second kappa shape index (κ2) is 5.14. The van der Waals surface area contributed by atoms with Crippen LogP contribution in [0.5, 0.6) is 0 Å². The number of pyridine rings is 1. The smallest absolute Gasteiger partial charge is 0.276 e. The monoisotopic (exact) mass is 257 g/mol. The van der Waals surface area contributed by atoms with Crippen LogP contribution < -0.4 is 5.32 Å². The fourth-order valence-corrected chi connectivity index (χ4v) is 1.79. The molecule has 2 aromatic rings. The molecule has 0 bridgehead atoms. The number of aromatic nitrogens is 3. The first-order valence-electron chi connectivity index (χ1n) is 5.89. The minimum atomic E-state index is -0.190. The summed E-state index contributed by atoms with van der Waals surface area (Å²) in [7, 11) is 0. The Kier molecular flexibility index (Phi) is 3.18. The van der Waals surface area contributed by atoms with E-state index in [-0.39, 0.29) is 6.10 Å². The molecule has 96 valence electrons. The Hall–Kier alpha value is -2.30. The summed E-state index contributed by atoms with van der Waals surface area (Å²) in [4.78, 5) is 8.37. The summed E-state index contributed by atoms with van der Waals surface area (Å²) < 4.78 is 10.7. The highest BCUT2D eigenvalue weighted by molar-refractivity contribution is 5.47. The van der Waals surface area contributed by atoms with Crippen LogP contribution in [0.15, 0.2) is 22.9 Å². The Morgan fingerprint density at radius 1 is 1.42 bits per heavy atom. The normalized spacial score (nSPS) is 19.0. The van der Waals surface area contributed by atoms with E-state index in [0.29, 0.717) is 36.1 Å². The first-order valence-corrected chi connectivity index (χ1v) is 5.89. The topological polar surface area (TPSA) is 96.9 Å². The fourth-order valence-electron chi connectivity index (χ4n) is 1.79. The molecule has 3 rings (SSSR count). The van der Waals surface area contributed by atoms with Gasteiger partial charge in [0.05, 0.1) is 12.2 Å². The lowest BCUT2D eigenvalue weighted by Crippen LogP contribution is -2.33. The predicted molar refractivity (Wildman–Crippen MR) is 63.8 cm³/mol. The minimum Gasteiger partial charge on any atom is -0.367 e. The van der Waals surface area contributed by atoms with Crippen molar-refractivity contribution in [1.82, 2.24) is 20.4 Å². The zero-order valence-electron chi connectivity index (χ0n) is 10.0. The maximum atomic E-state index is 8.71. The van der Waals surface area contributed by atoms with E-state index in [1.54, 1.807) is 12.1 Å². The highest BCUT2D eigenvalue weighted by Gasteiger charge is 2.22. The lowest BCUT2D eigenvalue weighted by atomic mass is 10.2. The lowest BCUT2D eigenvalue weighted by Gasteiger charge is -2.20. The lowest BCUT2D eigenvalue weighted by molar-refractivity contribution is 0.0208. The Morgan fingerprint density at radius 3 is 3.05 bits per heavy atom. The SMILES string of the molecule is N#Cc1ccc(-c2nc(C3CNCCO3)no2)nc1. The second-order valence-corrected chi connectivity index (χ2v) is 4.07. The van der Waals surface area contributed by atoms with Gasteiger partial charge in [0.2, 0.25) is 5.82 Å². The van der Waals surface area contributed by atoms with Crippen molar-refractivity contribution in [2.75, 3.05) is 19.7 Å². The molecule has 0 aromatic carbocycles. The van der Waals surface area contributed by atoms with Crippen molar-refractivity contribution >= 4 is 0 Å². The summed E-state index contributed by atoms with van der Waals surface area (Å²) in [5.74, 6) is 0.835. The van der Waals surface area contributed by atoms with Crippen LogP contribution in [0.4, 0.5) is 0 Å². The van der Waals surface area contributed by atoms with Gasteiger partial charge in [0.1, 0.15) is 17.9 Å². The second-order valence-electron chi connectivity index (χ2n) is 4.07. The number of ether oxygens (including phenoxy) is 1. The molecule has 19 heavy (non-hydrogen) atoms. The third kappa shape index (κ3) is 2.45. The van der Waals surface area contributed by atoms with Crippen LogP contribution >= 0.6 is 0 Å². The van der Waals surface area contributed by atoms with Gasteiger partial charge < -0.3 is 14.6 Å². The average molecular weight is 257 g/mol. The van der Waals surface area contributed by atoms with Gasteiger partial charge in [0, 0.05) is 19.3 Å². The van der Waals surface area contributed by atoms with Crippen LogP contribution in [0.3, 0.4) is 0 Å². The zero-order valence-corrected chi connectivity index (χ0v) is 10.0. The molecule has 1 aliphatic rings. The van der Waals surface area contributed by atoms with Crippen molar-refractivity contribution in [3.8, 4) is 17.7 Å². The molecule has 0 saturated carbocycles. The maximum absolute atomic E-state index is 8.71. The molecule has 1 atom stereocenters. The van der Waals surface area contributed by atoms with Crippen molar-refractivity contribution in [2.45, 2.75) is 6.10 Å². The quantitative estimate of drug-likeness (QED) is 0.844. The number of nitrogens with one attached hydrogen (secondary N) is 1. The minimum absolute atomic E-state index is 0.190. The van der Waals surface area contributed by atoms with Gasteiger partial charge in [0.25, 0.3) is 5.89 Å². The van der Waals surface area contributed by atoms with Crippen molar-refractivity contribution in [2.24, 2.45) is 0 Å². The van der Waals surface area contributed by atoms with Gasteiger partial charge in [-0.3, -0.25) is 0 Å². The molecule has 0 spiro atoms. The molecule has 3 heterocycles. The summed E-state index contributed by atoms with van der Waals surface area (Å²) in [6, 6.07) is 5.34. The highest BCUT2D eigenvalue weighted by atomic mass is 16.5. The molecule has 1 saturated heterocycles. The Balaban J connectivity index is 1.81. The molecule has 2 aromatic heterocycles. The van der Waals surface area contributed by atoms with Crippen LogP contribution in [0.2, 0.25) is 0 Å². The summed E-state index contributed by atoms with van der Waals surface area (Å²) in [6.45, 7) is 2.13. The number of nitrogens with zero attached hydrogens (tertiary/aromatic N) is 4. The fraction of sp³-hybridized carbons (Fsp3) is 0.333. The molecule has 7 heteroatoms. The number of hydrogen-bond donors (Lipinski definition) is 1. The summed E-state index contributed by atoms with van der Waals surface area (Å²) in [6.07, 6.45) is 1.28. The van der Waals surface area contributed by atoms with Gasteiger partial charge in [-0.1, -0.05) is 5.16 Å². The zero-order chi connectivity index (χ0) is 13.1. The van der Waals surface area contributed by atoms with E-state index in [1.165, 1.54) is 6.20 Å². The van der Waals surface area contributed by atoms with Gasteiger partial charge >= 0.3 is 0 Å². The van der Waals surface area contributed by atoms with Gasteiger partial charge in [-0.25, -0.2) is 4.98 Å². The predicted octanol–water partition coefficient (Wildman–Crippen LogP) is 0.664. The van der Waals surface area contributed by atoms with Crippen LogP contribution in [0.25, 0.3) is 11.6 Å². The summed E-state index contributed by atoms with van der Waals surface area (Å²) in [5.41, 5.74) is 1.03. The van der Waals surface area contributed by atoms with Crippen molar-refractivity contribution < 1.29 is 9.26 Å². The van der Waals surface area contributed by atoms with Gasteiger partial charge in [0.15, 0.2) is 0 Å².